The first-order valence-electron chi connectivity index (χ1n) is 7.49. The molecule has 0 aromatic heterocycles. The second-order valence-corrected chi connectivity index (χ2v) is 7.28. The Morgan fingerprint density at radius 1 is 1.17 bits per heavy atom. The number of sulfonamides is 1. The zero-order chi connectivity index (χ0) is 17.7. The van der Waals surface area contributed by atoms with E-state index < -0.39 is 21.7 Å². The third-order valence-electron chi connectivity index (χ3n) is 3.24. The molecule has 0 aliphatic rings. The van der Waals surface area contributed by atoms with E-state index in [1.165, 1.54) is 24.3 Å². The highest BCUT2D eigenvalue weighted by molar-refractivity contribution is 7.92. The lowest BCUT2D eigenvalue weighted by molar-refractivity contribution is 0.102. The lowest BCUT2D eigenvalue weighted by Crippen LogP contribution is -2.17. The summed E-state index contributed by atoms with van der Waals surface area (Å²) in [4.78, 5) is 12.3. The van der Waals surface area contributed by atoms with E-state index in [1.807, 2.05) is 0 Å². The third-order valence-corrected chi connectivity index (χ3v) is 4.73. The van der Waals surface area contributed by atoms with Crippen molar-refractivity contribution in [2.24, 2.45) is 0 Å². The molecule has 0 heterocycles. The number of carbonyl (C=O) groups is 1. The van der Waals surface area contributed by atoms with E-state index in [-0.39, 0.29) is 17.0 Å². The molecule has 0 saturated heterocycles. The summed E-state index contributed by atoms with van der Waals surface area (Å²) in [5.41, 5.74) is 1.41. The van der Waals surface area contributed by atoms with Crippen LogP contribution < -0.4 is 10.0 Å². The monoisotopic (exact) mass is 350 g/mol. The fourth-order valence-corrected chi connectivity index (χ4v) is 3.28. The molecule has 2 aromatic carbocycles. The molecule has 2 rings (SSSR count). The molecule has 5 nitrogen and oxygen atoms in total. The SMILES string of the molecule is CCCS(=O)(=O)Nc1cccc(C(=O)Nc2cc(C)ccc2F)c1. The number of halogens is 1. The van der Waals surface area contributed by atoms with Crippen molar-refractivity contribution < 1.29 is 17.6 Å². The summed E-state index contributed by atoms with van der Waals surface area (Å²) in [7, 11) is -3.44. The molecule has 0 bridgehead atoms. The number of amides is 1. The molecule has 0 unspecified atom stereocenters. The Hall–Kier alpha value is -2.41. The van der Waals surface area contributed by atoms with Crippen molar-refractivity contribution in [2.75, 3.05) is 15.8 Å². The van der Waals surface area contributed by atoms with Gasteiger partial charge in [-0.25, -0.2) is 12.8 Å². The maximum Gasteiger partial charge on any atom is 0.255 e. The summed E-state index contributed by atoms with van der Waals surface area (Å²) in [6, 6.07) is 10.5. The average Bonchev–Trinajstić information content (AvgIpc) is 2.50. The number of benzene rings is 2. The molecule has 0 aliphatic carbocycles. The van der Waals surface area contributed by atoms with Crippen LogP contribution in [0.2, 0.25) is 0 Å². The Morgan fingerprint density at radius 2 is 1.92 bits per heavy atom. The van der Waals surface area contributed by atoms with Gasteiger partial charge < -0.3 is 5.32 Å². The maximum atomic E-state index is 13.7. The highest BCUT2D eigenvalue weighted by Crippen LogP contribution is 2.18. The number of aryl methyl sites for hydroxylation is 1. The van der Waals surface area contributed by atoms with E-state index in [4.69, 9.17) is 0 Å². The first-order chi connectivity index (χ1) is 11.3. The molecule has 2 aromatic rings. The fourth-order valence-electron chi connectivity index (χ4n) is 2.15. The molecule has 0 radical (unpaired) electrons. The van der Waals surface area contributed by atoms with Crippen molar-refractivity contribution in [3.8, 4) is 0 Å². The van der Waals surface area contributed by atoms with Crippen molar-refractivity contribution in [1.82, 2.24) is 0 Å². The number of nitrogens with one attached hydrogen (secondary N) is 2. The van der Waals surface area contributed by atoms with Crippen LogP contribution in [0.4, 0.5) is 15.8 Å². The summed E-state index contributed by atoms with van der Waals surface area (Å²) in [6.07, 6.45) is 0.488. The van der Waals surface area contributed by atoms with Crippen LogP contribution in [0.1, 0.15) is 29.3 Å². The molecule has 24 heavy (non-hydrogen) atoms. The van der Waals surface area contributed by atoms with Gasteiger partial charge in [-0.3, -0.25) is 9.52 Å². The Kier molecular flexibility index (Phi) is 5.56. The van der Waals surface area contributed by atoms with E-state index in [0.717, 1.165) is 5.56 Å². The predicted octanol–water partition coefficient (Wildman–Crippen LogP) is 3.54. The van der Waals surface area contributed by atoms with Crippen molar-refractivity contribution in [2.45, 2.75) is 20.3 Å². The zero-order valence-electron chi connectivity index (χ0n) is 13.5. The van der Waals surface area contributed by atoms with Gasteiger partial charge in [-0.15, -0.1) is 0 Å². The average molecular weight is 350 g/mol. The highest BCUT2D eigenvalue weighted by atomic mass is 32.2. The van der Waals surface area contributed by atoms with E-state index in [1.54, 1.807) is 32.0 Å². The minimum atomic E-state index is -3.44. The van der Waals surface area contributed by atoms with Gasteiger partial charge in [0.25, 0.3) is 5.91 Å². The third kappa shape index (κ3) is 4.79. The number of hydrogen-bond acceptors (Lipinski definition) is 3. The van der Waals surface area contributed by atoms with Gasteiger partial charge in [0, 0.05) is 11.3 Å². The van der Waals surface area contributed by atoms with E-state index >= 15 is 0 Å². The van der Waals surface area contributed by atoms with Crippen LogP contribution in [0.25, 0.3) is 0 Å². The van der Waals surface area contributed by atoms with E-state index in [2.05, 4.69) is 10.0 Å². The minimum absolute atomic E-state index is 0.00206. The van der Waals surface area contributed by atoms with Crippen LogP contribution in [0, 0.1) is 12.7 Å². The van der Waals surface area contributed by atoms with Crippen molar-refractivity contribution in [1.29, 1.82) is 0 Å². The molecular formula is C17H19FN2O3S. The second kappa shape index (κ2) is 7.44. The Labute approximate surface area is 141 Å². The van der Waals surface area contributed by atoms with Gasteiger partial charge in [0.2, 0.25) is 10.0 Å². The van der Waals surface area contributed by atoms with Gasteiger partial charge in [0.1, 0.15) is 5.82 Å². The van der Waals surface area contributed by atoms with Crippen LogP contribution in [0.15, 0.2) is 42.5 Å². The molecular weight excluding hydrogens is 331 g/mol. The summed E-state index contributed by atoms with van der Waals surface area (Å²) >= 11 is 0. The number of anilines is 2. The predicted molar refractivity (Wildman–Crippen MR) is 93.2 cm³/mol. The van der Waals surface area contributed by atoms with Crippen molar-refractivity contribution >= 4 is 27.3 Å². The van der Waals surface area contributed by atoms with Crippen LogP contribution in [-0.2, 0) is 10.0 Å². The van der Waals surface area contributed by atoms with Crippen molar-refractivity contribution in [3.63, 3.8) is 0 Å². The van der Waals surface area contributed by atoms with E-state index in [0.29, 0.717) is 12.1 Å². The molecule has 0 saturated carbocycles. The van der Waals surface area contributed by atoms with Gasteiger partial charge in [0.15, 0.2) is 0 Å². The quantitative estimate of drug-likeness (QED) is 0.837. The first-order valence-corrected chi connectivity index (χ1v) is 9.14. The van der Waals surface area contributed by atoms with Gasteiger partial charge in [-0.1, -0.05) is 19.1 Å². The molecule has 0 aliphatic heterocycles. The van der Waals surface area contributed by atoms with Gasteiger partial charge in [-0.05, 0) is 49.2 Å². The summed E-state index contributed by atoms with van der Waals surface area (Å²) in [5, 5.41) is 2.49. The van der Waals surface area contributed by atoms with Gasteiger partial charge >= 0.3 is 0 Å². The number of rotatable bonds is 6. The van der Waals surface area contributed by atoms with Crippen molar-refractivity contribution in [3.05, 3.63) is 59.4 Å². The van der Waals surface area contributed by atoms with Gasteiger partial charge in [0.05, 0.1) is 11.4 Å². The minimum Gasteiger partial charge on any atom is -0.319 e. The highest BCUT2D eigenvalue weighted by Gasteiger charge is 2.13. The fraction of sp³-hybridized carbons (Fsp3) is 0.235. The molecule has 7 heteroatoms. The standard InChI is InChI=1S/C17H19FN2O3S/c1-3-9-24(22,23)20-14-6-4-5-13(11-14)17(21)19-16-10-12(2)7-8-15(16)18/h4-8,10-11,20H,3,9H2,1-2H3,(H,19,21). The Morgan fingerprint density at radius 3 is 2.62 bits per heavy atom. The van der Waals surface area contributed by atoms with E-state index in [9.17, 15) is 17.6 Å². The lowest BCUT2D eigenvalue weighted by Gasteiger charge is -2.10. The summed E-state index contributed by atoms with van der Waals surface area (Å²) in [6.45, 7) is 3.55. The van der Waals surface area contributed by atoms with Gasteiger partial charge in [-0.2, -0.15) is 0 Å². The molecule has 2 N–H and O–H groups in total. The van der Waals surface area contributed by atoms with Crippen LogP contribution in [0.5, 0.6) is 0 Å². The summed E-state index contributed by atoms with van der Waals surface area (Å²) < 4.78 is 39.7. The first kappa shape index (κ1) is 17.9. The molecule has 0 fully saturated rings. The van der Waals surface area contributed by atoms with Crippen LogP contribution >= 0.6 is 0 Å². The number of carbonyl (C=O) groups excluding carboxylic acids is 1. The Bertz CT molecular complexity index is 851. The number of hydrogen-bond donors (Lipinski definition) is 2. The topological polar surface area (TPSA) is 75.3 Å². The van der Waals surface area contributed by atoms with Crippen LogP contribution in [0.3, 0.4) is 0 Å². The molecule has 0 spiro atoms. The molecule has 1 amide bonds. The Balaban J connectivity index is 2.19. The normalized spacial score (nSPS) is 11.1. The largest absolute Gasteiger partial charge is 0.319 e. The lowest BCUT2D eigenvalue weighted by atomic mass is 10.1. The second-order valence-electron chi connectivity index (χ2n) is 5.44. The molecule has 128 valence electrons. The summed E-state index contributed by atoms with van der Waals surface area (Å²) in [5.74, 6) is -1.05. The maximum absolute atomic E-state index is 13.7. The van der Waals surface area contributed by atoms with Crippen LogP contribution in [-0.4, -0.2) is 20.1 Å². The zero-order valence-corrected chi connectivity index (χ0v) is 14.3. The molecule has 0 atom stereocenters. The smallest absolute Gasteiger partial charge is 0.255 e.